The van der Waals surface area contributed by atoms with Crippen molar-refractivity contribution in [1.29, 1.82) is 0 Å². The van der Waals surface area contributed by atoms with Crippen LogP contribution in [-0.2, 0) is 10.2 Å². The third-order valence-corrected chi connectivity index (χ3v) is 3.27. The standard InChI is InChI=1S/C14H18N4O/c1-9-8-16-18-12(9)17-13(19)14(2,3)10-4-6-11(15)7-5-10/h4-8H,15H2,1-3H3,(H2,16,17,18,19). The van der Waals surface area contributed by atoms with Crippen molar-refractivity contribution in [3.05, 3.63) is 41.6 Å². The molecule has 5 heteroatoms. The van der Waals surface area contributed by atoms with Crippen LogP contribution in [0, 0.1) is 6.92 Å². The molecule has 0 atom stereocenters. The molecule has 1 aromatic carbocycles. The molecule has 1 aromatic heterocycles. The van der Waals surface area contributed by atoms with Crippen LogP contribution in [0.4, 0.5) is 11.5 Å². The Labute approximate surface area is 112 Å². The Balaban J connectivity index is 2.21. The van der Waals surface area contributed by atoms with Crippen LogP contribution in [0.25, 0.3) is 0 Å². The van der Waals surface area contributed by atoms with E-state index in [1.807, 2.05) is 32.9 Å². The average molecular weight is 258 g/mol. The molecule has 1 amide bonds. The normalized spacial score (nSPS) is 11.3. The summed E-state index contributed by atoms with van der Waals surface area (Å²) < 4.78 is 0. The molecule has 0 aliphatic heterocycles. The number of anilines is 2. The molecular weight excluding hydrogens is 240 g/mol. The highest BCUT2D eigenvalue weighted by Crippen LogP contribution is 2.26. The Bertz CT molecular complexity index is 584. The highest BCUT2D eigenvalue weighted by molar-refractivity contribution is 5.98. The molecule has 0 bridgehead atoms. The molecule has 0 aliphatic rings. The van der Waals surface area contributed by atoms with E-state index in [4.69, 9.17) is 5.73 Å². The minimum absolute atomic E-state index is 0.0929. The number of nitrogens with two attached hydrogens (primary N) is 1. The second-order valence-corrected chi connectivity index (χ2v) is 5.13. The van der Waals surface area contributed by atoms with Crippen LogP contribution in [0.2, 0.25) is 0 Å². The van der Waals surface area contributed by atoms with Crippen molar-refractivity contribution in [3.63, 3.8) is 0 Å². The van der Waals surface area contributed by atoms with E-state index in [2.05, 4.69) is 15.5 Å². The number of hydrogen-bond donors (Lipinski definition) is 3. The number of amides is 1. The van der Waals surface area contributed by atoms with Gasteiger partial charge in [-0.2, -0.15) is 5.10 Å². The van der Waals surface area contributed by atoms with Gasteiger partial charge in [-0.1, -0.05) is 12.1 Å². The van der Waals surface area contributed by atoms with Crippen LogP contribution in [-0.4, -0.2) is 16.1 Å². The van der Waals surface area contributed by atoms with E-state index in [0.717, 1.165) is 11.1 Å². The molecule has 4 N–H and O–H groups in total. The van der Waals surface area contributed by atoms with Gasteiger partial charge in [0.1, 0.15) is 5.82 Å². The topological polar surface area (TPSA) is 83.8 Å². The summed E-state index contributed by atoms with van der Waals surface area (Å²) in [6.45, 7) is 5.63. The van der Waals surface area contributed by atoms with E-state index in [0.29, 0.717) is 11.5 Å². The van der Waals surface area contributed by atoms with E-state index in [1.54, 1.807) is 18.3 Å². The summed E-state index contributed by atoms with van der Waals surface area (Å²) in [5, 5.41) is 9.51. The minimum Gasteiger partial charge on any atom is -0.399 e. The lowest BCUT2D eigenvalue weighted by Gasteiger charge is -2.24. The lowest BCUT2D eigenvalue weighted by atomic mass is 9.83. The molecule has 5 nitrogen and oxygen atoms in total. The zero-order valence-corrected chi connectivity index (χ0v) is 11.3. The predicted octanol–water partition coefficient (Wildman–Crippen LogP) is 2.22. The Morgan fingerprint density at radius 1 is 1.32 bits per heavy atom. The number of nitrogens with one attached hydrogen (secondary N) is 2. The molecular formula is C14H18N4O. The molecule has 0 fully saturated rings. The maximum absolute atomic E-state index is 12.4. The number of nitrogens with zero attached hydrogens (tertiary/aromatic N) is 1. The molecule has 0 unspecified atom stereocenters. The number of carbonyl (C=O) groups is 1. The SMILES string of the molecule is Cc1cn[nH]c1NC(=O)C(C)(C)c1ccc(N)cc1. The number of hydrogen-bond acceptors (Lipinski definition) is 3. The smallest absolute Gasteiger partial charge is 0.235 e. The van der Waals surface area contributed by atoms with E-state index < -0.39 is 5.41 Å². The number of benzene rings is 1. The van der Waals surface area contributed by atoms with Gasteiger partial charge < -0.3 is 11.1 Å². The third-order valence-electron chi connectivity index (χ3n) is 3.27. The molecule has 0 saturated carbocycles. The average Bonchev–Trinajstić information content (AvgIpc) is 2.75. The lowest BCUT2D eigenvalue weighted by molar-refractivity contribution is -0.120. The largest absolute Gasteiger partial charge is 0.399 e. The van der Waals surface area contributed by atoms with Gasteiger partial charge in [0.25, 0.3) is 0 Å². The number of rotatable bonds is 3. The number of aromatic amines is 1. The summed E-state index contributed by atoms with van der Waals surface area (Å²) in [4.78, 5) is 12.4. The van der Waals surface area contributed by atoms with Crippen molar-refractivity contribution < 1.29 is 4.79 Å². The number of carbonyl (C=O) groups excluding carboxylic acids is 1. The minimum atomic E-state index is -0.648. The first-order valence-electron chi connectivity index (χ1n) is 6.08. The molecule has 0 spiro atoms. The van der Waals surface area contributed by atoms with Crippen LogP contribution < -0.4 is 11.1 Å². The van der Waals surface area contributed by atoms with Gasteiger partial charge in [0.15, 0.2) is 0 Å². The summed E-state index contributed by atoms with van der Waals surface area (Å²) in [6, 6.07) is 7.33. The number of H-pyrrole nitrogens is 1. The zero-order valence-electron chi connectivity index (χ0n) is 11.3. The van der Waals surface area contributed by atoms with Gasteiger partial charge in [-0.25, -0.2) is 0 Å². The van der Waals surface area contributed by atoms with E-state index in [-0.39, 0.29) is 5.91 Å². The van der Waals surface area contributed by atoms with Crippen molar-refractivity contribution in [2.45, 2.75) is 26.2 Å². The van der Waals surface area contributed by atoms with Gasteiger partial charge in [0, 0.05) is 11.3 Å². The molecule has 1 heterocycles. The summed E-state index contributed by atoms with van der Waals surface area (Å²) in [5.41, 5.74) is 7.52. The highest BCUT2D eigenvalue weighted by Gasteiger charge is 2.30. The first kappa shape index (κ1) is 13.1. The zero-order chi connectivity index (χ0) is 14.0. The summed E-state index contributed by atoms with van der Waals surface area (Å²) in [5.74, 6) is 0.540. The van der Waals surface area contributed by atoms with Gasteiger partial charge in [0.05, 0.1) is 11.6 Å². The van der Waals surface area contributed by atoms with Crippen molar-refractivity contribution in [1.82, 2.24) is 10.2 Å². The fourth-order valence-corrected chi connectivity index (χ4v) is 1.77. The lowest BCUT2D eigenvalue weighted by Crippen LogP contribution is -2.35. The number of aromatic nitrogens is 2. The first-order chi connectivity index (χ1) is 8.91. The Kier molecular flexibility index (Phi) is 3.29. The molecule has 19 heavy (non-hydrogen) atoms. The van der Waals surface area contributed by atoms with Crippen LogP contribution in [0.3, 0.4) is 0 Å². The van der Waals surface area contributed by atoms with Crippen molar-refractivity contribution in [2.75, 3.05) is 11.1 Å². The van der Waals surface area contributed by atoms with E-state index in [1.165, 1.54) is 0 Å². The Morgan fingerprint density at radius 3 is 2.47 bits per heavy atom. The number of aryl methyl sites for hydroxylation is 1. The molecule has 0 radical (unpaired) electrons. The summed E-state index contributed by atoms with van der Waals surface area (Å²) in [6.07, 6.45) is 1.67. The first-order valence-corrected chi connectivity index (χ1v) is 6.08. The van der Waals surface area contributed by atoms with E-state index >= 15 is 0 Å². The monoisotopic (exact) mass is 258 g/mol. The van der Waals surface area contributed by atoms with Crippen LogP contribution in [0.15, 0.2) is 30.5 Å². The molecule has 0 aliphatic carbocycles. The van der Waals surface area contributed by atoms with E-state index in [9.17, 15) is 4.79 Å². The summed E-state index contributed by atoms with van der Waals surface area (Å²) >= 11 is 0. The molecule has 2 aromatic rings. The second-order valence-electron chi connectivity index (χ2n) is 5.13. The highest BCUT2D eigenvalue weighted by atomic mass is 16.2. The van der Waals surface area contributed by atoms with Gasteiger partial charge >= 0.3 is 0 Å². The fraction of sp³-hybridized carbons (Fsp3) is 0.286. The van der Waals surface area contributed by atoms with Crippen LogP contribution in [0.5, 0.6) is 0 Å². The maximum Gasteiger partial charge on any atom is 0.235 e. The van der Waals surface area contributed by atoms with Crippen molar-refractivity contribution in [3.8, 4) is 0 Å². The van der Waals surface area contributed by atoms with Crippen LogP contribution >= 0.6 is 0 Å². The molecule has 2 rings (SSSR count). The second kappa shape index (κ2) is 4.76. The van der Waals surface area contributed by atoms with Crippen LogP contribution in [0.1, 0.15) is 25.0 Å². The van der Waals surface area contributed by atoms with Gasteiger partial charge in [0.2, 0.25) is 5.91 Å². The predicted molar refractivity (Wildman–Crippen MR) is 75.8 cm³/mol. The third kappa shape index (κ3) is 2.59. The molecule has 100 valence electrons. The fourth-order valence-electron chi connectivity index (χ4n) is 1.77. The molecule has 0 saturated heterocycles. The summed E-state index contributed by atoms with van der Waals surface area (Å²) in [7, 11) is 0. The quantitative estimate of drug-likeness (QED) is 0.738. The van der Waals surface area contributed by atoms with Crippen molar-refractivity contribution >= 4 is 17.4 Å². The number of nitrogen functional groups attached to an aromatic ring is 1. The van der Waals surface area contributed by atoms with Crippen molar-refractivity contribution in [2.24, 2.45) is 0 Å². The Morgan fingerprint density at radius 2 is 1.95 bits per heavy atom. The maximum atomic E-state index is 12.4. The van der Waals surface area contributed by atoms with Gasteiger partial charge in [-0.3, -0.25) is 9.89 Å². The Hall–Kier alpha value is -2.30. The van der Waals surface area contributed by atoms with Gasteiger partial charge in [-0.15, -0.1) is 0 Å². The van der Waals surface area contributed by atoms with Gasteiger partial charge in [-0.05, 0) is 38.5 Å².